The molecule has 3 aromatic carbocycles. The molecule has 0 radical (unpaired) electrons. The third-order valence-corrected chi connectivity index (χ3v) is 6.38. The lowest BCUT2D eigenvalue weighted by molar-refractivity contribution is 0.308. The Balaban J connectivity index is 1.90. The fourth-order valence-electron chi connectivity index (χ4n) is 4.29. The molecule has 4 rings (SSSR count). The minimum atomic E-state index is 0.281. The molecule has 0 unspecified atom stereocenters. The van der Waals surface area contributed by atoms with Gasteiger partial charge in [-0.05, 0) is 54.6 Å². The second kappa shape index (κ2) is 18.2. The van der Waals surface area contributed by atoms with Crippen molar-refractivity contribution in [2.75, 3.05) is 39.6 Å². The van der Waals surface area contributed by atoms with Crippen LogP contribution in [0, 0.1) is 0 Å². The van der Waals surface area contributed by atoms with E-state index in [0.29, 0.717) is 88.5 Å². The summed E-state index contributed by atoms with van der Waals surface area (Å²) in [6, 6.07) is 16.5. The third kappa shape index (κ3) is 9.23. The summed E-state index contributed by atoms with van der Waals surface area (Å²) in [5.74, 6) is 4.36. The predicted molar refractivity (Wildman–Crippen MR) is 190 cm³/mol. The molecule has 48 heavy (non-hydrogen) atoms. The van der Waals surface area contributed by atoms with Crippen LogP contribution in [0.25, 0.3) is 34.2 Å². The van der Waals surface area contributed by atoms with Gasteiger partial charge in [-0.15, -0.1) is 0 Å². The van der Waals surface area contributed by atoms with Crippen LogP contribution in [0.5, 0.6) is 34.5 Å². The highest BCUT2D eigenvalue weighted by atomic mass is 16.5. The maximum Gasteiger partial charge on any atom is 0.164 e. The third-order valence-electron chi connectivity index (χ3n) is 6.38. The van der Waals surface area contributed by atoms with Crippen LogP contribution >= 0.6 is 0 Å². The SMILES string of the molecule is C=CCOc1ccc(-c2nc(-c3ccc(OCC=C)c(OCC=C)c3)nc(-c3ccc(OCC=C)c(OCC=C)c3)n2)cc1OCC=C. The fraction of sp³-hybridized carbons (Fsp3) is 0.154. The number of rotatable bonds is 21. The monoisotopic (exact) mass is 645 g/mol. The van der Waals surface area contributed by atoms with Crippen molar-refractivity contribution in [2.45, 2.75) is 0 Å². The highest BCUT2D eigenvalue weighted by Crippen LogP contribution is 2.37. The lowest BCUT2D eigenvalue weighted by atomic mass is 10.1. The Morgan fingerprint density at radius 1 is 0.354 bits per heavy atom. The average molecular weight is 646 g/mol. The van der Waals surface area contributed by atoms with Gasteiger partial charge in [-0.25, -0.2) is 15.0 Å². The Kier molecular flexibility index (Phi) is 13.2. The average Bonchev–Trinajstić information content (AvgIpc) is 3.13. The normalized spacial score (nSPS) is 10.2. The molecule has 0 aliphatic heterocycles. The van der Waals surface area contributed by atoms with E-state index in [1.165, 1.54) is 0 Å². The van der Waals surface area contributed by atoms with E-state index < -0.39 is 0 Å². The number of hydrogen-bond acceptors (Lipinski definition) is 9. The molecule has 1 aromatic heterocycles. The van der Waals surface area contributed by atoms with Gasteiger partial charge in [-0.1, -0.05) is 75.9 Å². The first kappa shape index (κ1) is 34.8. The van der Waals surface area contributed by atoms with Crippen LogP contribution in [0.15, 0.2) is 131 Å². The molecule has 4 aromatic rings. The molecule has 0 saturated heterocycles. The summed E-state index contributed by atoms with van der Waals surface area (Å²) in [4.78, 5) is 14.7. The summed E-state index contributed by atoms with van der Waals surface area (Å²) >= 11 is 0. The Hall–Kier alpha value is -6.09. The lowest BCUT2D eigenvalue weighted by Gasteiger charge is -2.15. The topological polar surface area (TPSA) is 94.1 Å². The number of aromatic nitrogens is 3. The van der Waals surface area contributed by atoms with Crippen molar-refractivity contribution in [2.24, 2.45) is 0 Å². The second-order valence-electron chi connectivity index (χ2n) is 9.89. The Morgan fingerprint density at radius 3 is 0.812 bits per heavy atom. The van der Waals surface area contributed by atoms with Crippen LogP contribution in [0.2, 0.25) is 0 Å². The van der Waals surface area contributed by atoms with E-state index in [2.05, 4.69) is 39.5 Å². The van der Waals surface area contributed by atoms with Crippen molar-refractivity contribution in [3.63, 3.8) is 0 Å². The van der Waals surface area contributed by atoms with E-state index in [1.807, 2.05) is 36.4 Å². The van der Waals surface area contributed by atoms with Crippen molar-refractivity contribution in [1.82, 2.24) is 15.0 Å². The number of benzene rings is 3. The largest absolute Gasteiger partial charge is 0.486 e. The summed E-state index contributed by atoms with van der Waals surface area (Å²) in [7, 11) is 0. The first-order chi connectivity index (χ1) is 23.5. The summed E-state index contributed by atoms with van der Waals surface area (Å²) in [6.45, 7) is 24.3. The molecule has 0 N–H and O–H groups in total. The summed E-state index contributed by atoms with van der Waals surface area (Å²) in [5, 5.41) is 0. The van der Waals surface area contributed by atoms with Gasteiger partial charge in [0.15, 0.2) is 52.0 Å². The van der Waals surface area contributed by atoms with Crippen LogP contribution in [-0.2, 0) is 0 Å². The van der Waals surface area contributed by atoms with Crippen LogP contribution < -0.4 is 28.4 Å². The van der Waals surface area contributed by atoms with E-state index in [9.17, 15) is 0 Å². The van der Waals surface area contributed by atoms with E-state index >= 15 is 0 Å². The molecule has 246 valence electrons. The van der Waals surface area contributed by atoms with Crippen LogP contribution in [0.3, 0.4) is 0 Å². The standard InChI is InChI=1S/C39H39N3O6/c1-7-19-43-31-16-13-28(25-34(31)46-22-10-4)37-40-38(29-14-17-32(44-20-8-2)35(26-29)47-23-11-5)42-39(41-37)30-15-18-33(45-21-9-3)36(27-30)48-24-12-6/h7-18,25-27H,1-6,19-24H2. The molecule has 9 heteroatoms. The quantitative estimate of drug-likeness (QED) is 0.0830. The number of hydrogen-bond donors (Lipinski definition) is 0. The maximum atomic E-state index is 5.93. The molecule has 0 aliphatic carbocycles. The minimum absolute atomic E-state index is 0.281. The Morgan fingerprint density at radius 2 is 0.583 bits per heavy atom. The first-order valence-electron chi connectivity index (χ1n) is 15.2. The van der Waals surface area contributed by atoms with Gasteiger partial charge in [0.1, 0.15) is 39.6 Å². The van der Waals surface area contributed by atoms with Crippen molar-refractivity contribution in [3.05, 3.63) is 131 Å². The molecule has 0 saturated carbocycles. The van der Waals surface area contributed by atoms with Crippen LogP contribution in [0.1, 0.15) is 0 Å². The van der Waals surface area contributed by atoms with Gasteiger partial charge in [-0.2, -0.15) is 0 Å². The van der Waals surface area contributed by atoms with Gasteiger partial charge in [-0.3, -0.25) is 0 Å². The van der Waals surface area contributed by atoms with Gasteiger partial charge < -0.3 is 28.4 Å². The molecule has 0 fully saturated rings. The zero-order valence-electron chi connectivity index (χ0n) is 26.9. The molecule has 0 atom stereocenters. The predicted octanol–water partition coefficient (Wildman–Crippen LogP) is 8.26. The number of nitrogens with zero attached hydrogens (tertiary/aromatic N) is 3. The van der Waals surface area contributed by atoms with Gasteiger partial charge in [0.2, 0.25) is 0 Å². The van der Waals surface area contributed by atoms with Gasteiger partial charge in [0.05, 0.1) is 0 Å². The van der Waals surface area contributed by atoms with Gasteiger partial charge >= 0.3 is 0 Å². The van der Waals surface area contributed by atoms with Gasteiger partial charge in [0.25, 0.3) is 0 Å². The van der Waals surface area contributed by atoms with Crippen LogP contribution in [-0.4, -0.2) is 54.6 Å². The zero-order valence-corrected chi connectivity index (χ0v) is 26.9. The van der Waals surface area contributed by atoms with Crippen molar-refractivity contribution < 1.29 is 28.4 Å². The molecule has 1 heterocycles. The summed E-state index contributed by atoms with van der Waals surface area (Å²) in [5.41, 5.74) is 2.02. The first-order valence-corrected chi connectivity index (χ1v) is 15.2. The molecule has 0 spiro atoms. The fourth-order valence-corrected chi connectivity index (χ4v) is 4.29. The van der Waals surface area contributed by atoms with E-state index in [1.54, 1.807) is 54.7 Å². The Bertz CT molecular complexity index is 1550. The maximum absolute atomic E-state index is 5.93. The molecule has 0 aliphatic rings. The molecular weight excluding hydrogens is 606 g/mol. The van der Waals surface area contributed by atoms with E-state index in [0.717, 1.165) is 0 Å². The van der Waals surface area contributed by atoms with Crippen molar-refractivity contribution in [1.29, 1.82) is 0 Å². The Labute approximate surface area is 281 Å². The zero-order chi connectivity index (χ0) is 34.1. The highest BCUT2D eigenvalue weighted by Gasteiger charge is 2.18. The van der Waals surface area contributed by atoms with Crippen molar-refractivity contribution >= 4 is 0 Å². The molecule has 0 amide bonds. The molecule has 0 bridgehead atoms. The van der Waals surface area contributed by atoms with E-state index in [4.69, 9.17) is 43.4 Å². The number of ether oxygens (including phenoxy) is 6. The van der Waals surface area contributed by atoms with Gasteiger partial charge in [0, 0.05) is 16.7 Å². The van der Waals surface area contributed by atoms with Crippen LogP contribution in [0.4, 0.5) is 0 Å². The molecular formula is C39H39N3O6. The summed E-state index contributed by atoms with van der Waals surface area (Å²) < 4.78 is 35.3. The lowest BCUT2D eigenvalue weighted by Crippen LogP contribution is -2.04. The smallest absolute Gasteiger partial charge is 0.164 e. The highest BCUT2D eigenvalue weighted by molar-refractivity contribution is 5.70. The second-order valence-corrected chi connectivity index (χ2v) is 9.89. The molecule has 9 nitrogen and oxygen atoms in total. The van der Waals surface area contributed by atoms with E-state index in [-0.39, 0.29) is 19.8 Å². The van der Waals surface area contributed by atoms with Crippen molar-refractivity contribution in [3.8, 4) is 68.7 Å². The summed E-state index contributed by atoms with van der Waals surface area (Å²) in [6.07, 6.45) is 9.97. The minimum Gasteiger partial charge on any atom is -0.486 e.